The fourth-order valence-electron chi connectivity index (χ4n) is 1.89. The average molecular weight is 349 g/mol. The number of thiocarbonyl (C=S) groups is 1. The zero-order chi connectivity index (χ0) is 17.7. The summed E-state index contributed by atoms with van der Waals surface area (Å²) in [6.45, 7) is 0. The molecule has 0 aliphatic heterocycles. The molecule has 0 aliphatic rings. The van der Waals surface area contributed by atoms with Gasteiger partial charge in [0.1, 0.15) is 5.82 Å². The Bertz CT molecular complexity index is 813. The number of halogens is 1. The van der Waals surface area contributed by atoms with Crippen molar-refractivity contribution in [3.63, 3.8) is 0 Å². The molecule has 0 fully saturated rings. The molecule has 0 saturated carbocycles. The predicted molar refractivity (Wildman–Crippen MR) is 89.7 cm³/mol. The highest BCUT2D eigenvalue weighted by Crippen LogP contribution is 2.29. The maximum Gasteiger partial charge on any atom is 0.312 e. The zero-order valence-electron chi connectivity index (χ0n) is 12.4. The Hall–Kier alpha value is -3.07. The van der Waals surface area contributed by atoms with Crippen LogP contribution in [0.25, 0.3) is 0 Å². The van der Waals surface area contributed by atoms with E-state index < -0.39 is 16.6 Å². The topological polar surface area (TPSA) is 93.5 Å². The second-order valence-corrected chi connectivity index (χ2v) is 4.94. The van der Waals surface area contributed by atoms with Crippen molar-refractivity contribution in [3.8, 4) is 5.75 Å². The van der Waals surface area contributed by atoms with E-state index in [1.54, 1.807) is 0 Å². The van der Waals surface area contributed by atoms with Crippen LogP contribution in [0.4, 0.5) is 15.8 Å². The summed E-state index contributed by atoms with van der Waals surface area (Å²) < 4.78 is 18.4. The van der Waals surface area contributed by atoms with Gasteiger partial charge in [-0.2, -0.15) is 0 Å². The van der Waals surface area contributed by atoms with Gasteiger partial charge in [-0.1, -0.05) is 12.1 Å². The summed E-state index contributed by atoms with van der Waals surface area (Å²) in [5.74, 6) is -1.32. The van der Waals surface area contributed by atoms with Gasteiger partial charge < -0.3 is 10.1 Å². The van der Waals surface area contributed by atoms with Gasteiger partial charge in [0, 0.05) is 11.8 Å². The summed E-state index contributed by atoms with van der Waals surface area (Å²) in [6.07, 6.45) is 0. The van der Waals surface area contributed by atoms with Gasteiger partial charge in [0.05, 0.1) is 17.6 Å². The average Bonchev–Trinajstić information content (AvgIpc) is 2.54. The van der Waals surface area contributed by atoms with Crippen molar-refractivity contribution in [3.05, 3.63) is 64.0 Å². The number of hydrogen-bond donors (Lipinski definition) is 2. The fraction of sp³-hybridized carbons (Fsp3) is 0.0667. The van der Waals surface area contributed by atoms with Gasteiger partial charge in [-0.3, -0.25) is 20.2 Å². The van der Waals surface area contributed by atoms with Crippen molar-refractivity contribution < 1.29 is 18.8 Å². The molecule has 0 unspecified atom stereocenters. The number of nitrogens with one attached hydrogen (secondary N) is 2. The lowest BCUT2D eigenvalue weighted by atomic mass is 10.2. The Morgan fingerprint density at radius 3 is 2.62 bits per heavy atom. The maximum atomic E-state index is 13.5. The Balaban J connectivity index is 2.10. The Kier molecular flexibility index (Phi) is 5.38. The van der Waals surface area contributed by atoms with Gasteiger partial charge in [-0.25, -0.2) is 4.39 Å². The molecule has 2 rings (SSSR count). The highest BCUT2D eigenvalue weighted by molar-refractivity contribution is 7.80. The van der Waals surface area contributed by atoms with Crippen LogP contribution in [0.15, 0.2) is 42.5 Å². The first-order valence-electron chi connectivity index (χ1n) is 6.61. The molecule has 0 bridgehead atoms. The van der Waals surface area contributed by atoms with E-state index in [2.05, 4.69) is 10.6 Å². The number of benzene rings is 2. The summed E-state index contributed by atoms with van der Waals surface area (Å²) in [5.41, 5.74) is -0.144. The van der Waals surface area contributed by atoms with Crippen molar-refractivity contribution in [2.75, 3.05) is 12.4 Å². The van der Waals surface area contributed by atoms with Gasteiger partial charge >= 0.3 is 5.69 Å². The number of ether oxygens (including phenoxy) is 1. The van der Waals surface area contributed by atoms with Gasteiger partial charge in [0.25, 0.3) is 5.91 Å². The molecule has 0 heterocycles. The lowest BCUT2D eigenvalue weighted by Gasteiger charge is -2.10. The number of nitro groups is 1. The minimum absolute atomic E-state index is 0.0897. The number of hydrogen-bond acceptors (Lipinski definition) is 5. The summed E-state index contributed by atoms with van der Waals surface area (Å²) in [5, 5.41) is 15.8. The predicted octanol–water partition coefficient (Wildman–Crippen LogP) is 2.87. The number of anilines is 1. The van der Waals surface area contributed by atoms with Gasteiger partial charge in [0.15, 0.2) is 10.9 Å². The highest BCUT2D eigenvalue weighted by atomic mass is 32.1. The fourth-order valence-corrected chi connectivity index (χ4v) is 2.10. The second kappa shape index (κ2) is 7.47. The van der Waals surface area contributed by atoms with E-state index in [1.165, 1.54) is 43.5 Å². The minimum Gasteiger partial charge on any atom is -0.490 e. The van der Waals surface area contributed by atoms with Crippen LogP contribution in [0.5, 0.6) is 5.75 Å². The molecule has 24 heavy (non-hydrogen) atoms. The van der Waals surface area contributed by atoms with Crippen LogP contribution in [-0.4, -0.2) is 23.1 Å². The van der Waals surface area contributed by atoms with Crippen LogP contribution in [-0.2, 0) is 0 Å². The second-order valence-electron chi connectivity index (χ2n) is 4.53. The standard InChI is InChI=1S/C15H12FN3O4S/c1-23-13-7-6-9(8-12(13)19(21)22)17-15(24)18-14(20)10-4-2-3-5-11(10)16/h2-8H,1H3,(H2,17,18,20,24). The smallest absolute Gasteiger partial charge is 0.312 e. The van der Waals surface area contributed by atoms with E-state index in [4.69, 9.17) is 17.0 Å². The number of carbonyl (C=O) groups excluding carboxylic acids is 1. The first-order chi connectivity index (χ1) is 11.4. The Morgan fingerprint density at radius 2 is 2.00 bits per heavy atom. The van der Waals surface area contributed by atoms with Crippen LogP contribution in [0.2, 0.25) is 0 Å². The molecule has 0 atom stereocenters. The number of rotatable bonds is 4. The van der Waals surface area contributed by atoms with Crippen molar-refractivity contribution >= 4 is 34.6 Å². The summed E-state index contributed by atoms with van der Waals surface area (Å²) in [4.78, 5) is 22.3. The summed E-state index contributed by atoms with van der Waals surface area (Å²) in [7, 11) is 1.31. The van der Waals surface area contributed by atoms with Crippen LogP contribution < -0.4 is 15.4 Å². The van der Waals surface area contributed by atoms with E-state index >= 15 is 0 Å². The number of amides is 1. The van der Waals surface area contributed by atoms with E-state index in [1.807, 2.05) is 0 Å². The molecule has 7 nitrogen and oxygen atoms in total. The van der Waals surface area contributed by atoms with Crippen LogP contribution in [0.1, 0.15) is 10.4 Å². The molecule has 2 aromatic carbocycles. The molecular weight excluding hydrogens is 337 g/mol. The maximum absolute atomic E-state index is 13.5. The van der Waals surface area contributed by atoms with Crippen molar-refractivity contribution in [2.45, 2.75) is 0 Å². The third-order valence-corrected chi connectivity index (χ3v) is 3.18. The molecule has 0 aliphatic carbocycles. The van der Waals surface area contributed by atoms with Crippen LogP contribution in [0.3, 0.4) is 0 Å². The van der Waals surface area contributed by atoms with Crippen molar-refractivity contribution in [1.82, 2.24) is 5.32 Å². The van der Waals surface area contributed by atoms with Gasteiger partial charge in [-0.05, 0) is 36.5 Å². The summed E-state index contributed by atoms with van der Waals surface area (Å²) in [6, 6.07) is 9.53. The minimum atomic E-state index is -0.728. The number of nitro benzene ring substituents is 1. The molecule has 0 aromatic heterocycles. The Morgan fingerprint density at radius 1 is 1.29 bits per heavy atom. The van der Waals surface area contributed by atoms with E-state index in [-0.39, 0.29) is 27.8 Å². The quantitative estimate of drug-likeness (QED) is 0.501. The first-order valence-corrected chi connectivity index (χ1v) is 7.02. The molecule has 9 heteroatoms. The Labute approximate surface area is 141 Å². The molecule has 2 N–H and O–H groups in total. The molecule has 0 radical (unpaired) electrons. The largest absolute Gasteiger partial charge is 0.490 e. The molecule has 1 amide bonds. The SMILES string of the molecule is COc1ccc(NC(=S)NC(=O)c2ccccc2F)cc1[N+](=O)[O-]. The van der Waals surface area contributed by atoms with Crippen LogP contribution in [0, 0.1) is 15.9 Å². The third-order valence-electron chi connectivity index (χ3n) is 2.98. The third kappa shape index (κ3) is 4.02. The lowest BCUT2D eigenvalue weighted by Crippen LogP contribution is -2.34. The van der Waals surface area contributed by atoms with Crippen molar-refractivity contribution in [2.24, 2.45) is 0 Å². The molecular formula is C15H12FN3O4S. The van der Waals surface area contributed by atoms with E-state index in [0.29, 0.717) is 0 Å². The number of methoxy groups -OCH3 is 1. The highest BCUT2D eigenvalue weighted by Gasteiger charge is 2.16. The first kappa shape index (κ1) is 17.3. The monoisotopic (exact) mass is 349 g/mol. The zero-order valence-corrected chi connectivity index (χ0v) is 13.2. The van der Waals surface area contributed by atoms with Crippen molar-refractivity contribution in [1.29, 1.82) is 0 Å². The van der Waals surface area contributed by atoms with Gasteiger partial charge in [-0.15, -0.1) is 0 Å². The molecule has 0 saturated heterocycles. The van der Waals surface area contributed by atoms with E-state index in [0.717, 1.165) is 6.07 Å². The van der Waals surface area contributed by atoms with Crippen LogP contribution >= 0.6 is 12.2 Å². The summed E-state index contributed by atoms with van der Waals surface area (Å²) >= 11 is 4.96. The molecule has 2 aromatic rings. The molecule has 124 valence electrons. The number of nitrogens with zero attached hydrogens (tertiary/aromatic N) is 1. The van der Waals surface area contributed by atoms with Gasteiger partial charge in [0.2, 0.25) is 0 Å². The van der Waals surface area contributed by atoms with E-state index in [9.17, 15) is 19.3 Å². The molecule has 0 spiro atoms. The number of carbonyl (C=O) groups is 1. The lowest BCUT2D eigenvalue weighted by molar-refractivity contribution is -0.385. The normalized spacial score (nSPS) is 9.92.